The highest BCUT2D eigenvalue weighted by Crippen LogP contribution is 2.31. The standard InChI is InChI=1S/C23H26N2O/c26-23(25-16-17-7-3-1-4-8-17)20-12-11-18-13-14-24-22(21(18)15-20)19-9-5-2-6-10-19/h1,3-4,7-8,11-12,15,19H,2,5-6,9-10,13-14,16H2,(H,25,26). The van der Waals surface area contributed by atoms with Gasteiger partial charge in [0.2, 0.25) is 0 Å². The van der Waals surface area contributed by atoms with E-state index in [0.29, 0.717) is 12.5 Å². The highest BCUT2D eigenvalue weighted by Gasteiger charge is 2.25. The molecule has 0 radical (unpaired) electrons. The SMILES string of the molecule is O=C(NCc1ccccc1)c1ccc2c(c1)C(C1CCCCC1)=NCC2. The molecule has 3 heteroatoms. The summed E-state index contributed by atoms with van der Waals surface area (Å²) in [5, 5.41) is 3.04. The van der Waals surface area contributed by atoms with Crippen LogP contribution in [0.25, 0.3) is 0 Å². The van der Waals surface area contributed by atoms with Gasteiger partial charge < -0.3 is 5.32 Å². The number of hydrogen-bond acceptors (Lipinski definition) is 2. The van der Waals surface area contributed by atoms with E-state index in [1.165, 1.54) is 48.9 Å². The van der Waals surface area contributed by atoms with Gasteiger partial charge in [-0.1, -0.05) is 55.7 Å². The van der Waals surface area contributed by atoms with Crippen LogP contribution in [0.4, 0.5) is 0 Å². The maximum absolute atomic E-state index is 12.6. The second-order valence-corrected chi connectivity index (χ2v) is 7.39. The van der Waals surface area contributed by atoms with Gasteiger partial charge in [0.25, 0.3) is 5.91 Å². The number of carbonyl (C=O) groups is 1. The topological polar surface area (TPSA) is 41.5 Å². The van der Waals surface area contributed by atoms with E-state index in [1.54, 1.807) is 0 Å². The predicted molar refractivity (Wildman–Crippen MR) is 106 cm³/mol. The number of hydrogen-bond donors (Lipinski definition) is 1. The smallest absolute Gasteiger partial charge is 0.251 e. The lowest BCUT2D eigenvalue weighted by molar-refractivity contribution is 0.0951. The summed E-state index contributed by atoms with van der Waals surface area (Å²) >= 11 is 0. The lowest BCUT2D eigenvalue weighted by Crippen LogP contribution is -2.26. The van der Waals surface area contributed by atoms with Crippen molar-refractivity contribution in [3.63, 3.8) is 0 Å². The molecule has 1 N–H and O–H groups in total. The first kappa shape index (κ1) is 17.0. The third-order valence-corrected chi connectivity index (χ3v) is 5.60. The Morgan fingerprint density at radius 3 is 2.65 bits per heavy atom. The number of nitrogens with one attached hydrogen (secondary N) is 1. The van der Waals surface area contributed by atoms with Crippen LogP contribution in [0.1, 0.15) is 59.2 Å². The van der Waals surface area contributed by atoms with Crippen LogP contribution in [0.2, 0.25) is 0 Å². The van der Waals surface area contributed by atoms with Crippen LogP contribution in [0.5, 0.6) is 0 Å². The van der Waals surface area contributed by atoms with Gasteiger partial charge in [-0.2, -0.15) is 0 Å². The molecule has 1 fully saturated rings. The molecular formula is C23H26N2O. The molecule has 3 nitrogen and oxygen atoms in total. The minimum Gasteiger partial charge on any atom is -0.348 e. The van der Waals surface area contributed by atoms with E-state index in [4.69, 9.17) is 4.99 Å². The van der Waals surface area contributed by atoms with E-state index in [1.807, 2.05) is 36.4 Å². The number of carbonyl (C=O) groups excluding carboxylic acids is 1. The van der Waals surface area contributed by atoms with Gasteiger partial charge in [-0.05, 0) is 48.1 Å². The minimum absolute atomic E-state index is 0.00905. The molecule has 0 saturated heterocycles. The van der Waals surface area contributed by atoms with E-state index < -0.39 is 0 Å². The lowest BCUT2D eigenvalue weighted by Gasteiger charge is -2.27. The second-order valence-electron chi connectivity index (χ2n) is 7.39. The summed E-state index contributed by atoms with van der Waals surface area (Å²) in [6.45, 7) is 1.44. The highest BCUT2D eigenvalue weighted by molar-refractivity contribution is 6.06. The fourth-order valence-corrected chi connectivity index (χ4v) is 4.16. The molecule has 0 aromatic heterocycles. The number of aliphatic imine (C=N–C) groups is 1. The van der Waals surface area contributed by atoms with E-state index in [-0.39, 0.29) is 5.91 Å². The van der Waals surface area contributed by atoms with Gasteiger partial charge in [0.05, 0.1) is 0 Å². The summed E-state index contributed by atoms with van der Waals surface area (Å²) in [4.78, 5) is 17.5. The molecule has 1 amide bonds. The summed E-state index contributed by atoms with van der Waals surface area (Å²) in [6, 6.07) is 16.2. The van der Waals surface area contributed by atoms with Crippen LogP contribution in [0.3, 0.4) is 0 Å². The molecule has 0 spiro atoms. The van der Waals surface area contributed by atoms with Crippen molar-refractivity contribution in [2.45, 2.75) is 45.1 Å². The maximum Gasteiger partial charge on any atom is 0.251 e. The van der Waals surface area contributed by atoms with Crippen molar-refractivity contribution in [2.75, 3.05) is 6.54 Å². The maximum atomic E-state index is 12.6. The highest BCUT2D eigenvalue weighted by atomic mass is 16.1. The lowest BCUT2D eigenvalue weighted by atomic mass is 9.80. The van der Waals surface area contributed by atoms with Crippen LogP contribution in [0, 0.1) is 5.92 Å². The zero-order valence-electron chi connectivity index (χ0n) is 15.2. The zero-order valence-corrected chi connectivity index (χ0v) is 15.2. The van der Waals surface area contributed by atoms with Crippen LogP contribution < -0.4 is 5.32 Å². The first-order valence-electron chi connectivity index (χ1n) is 9.81. The number of amides is 1. The monoisotopic (exact) mass is 346 g/mol. The quantitative estimate of drug-likeness (QED) is 0.867. The van der Waals surface area contributed by atoms with Crippen LogP contribution in [-0.4, -0.2) is 18.2 Å². The van der Waals surface area contributed by atoms with Crippen molar-refractivity contribution >= 4 is 11.6 Å². The second kappa shape index (κ2) is 7.86. The average molecular weight is 346 g/mol. The Bertz CT molecular complexity index is 804. The Labute approximate surface area is 155 Å². The third-order valence-electron chi connectivity index (χ3n) is 5.60. The van der Waals surface area contributed by atoms with Crippen LogP contribution in [0.15, 0.2) is 53.5 Å². The predicted octanol–water partition coefficient (Wildman–Crippen LogP) is 4.54. The van der Waals surface area contributed by atoms with Gasteiger partial charge in [0.1, 0.15) is 0 Å². The van der Waals surface area contributed by atoms with E-state index in [2.05, 4.69) is 17.4 Å². The van der Waals surface area contributed by atoms with Gasteiger partial charge >= 0.3 is 0 Å². The van der Waals surface area contributed by atoms with Crippen molar-refractivity contribution in [3.05, 3.63) is 70.8 Å². The molecule has 2 aliphatic rings. The van der Waals surface area contributed by atoms with E-state index >= 15 is 0 Å². The number of fused-ring (bicyclic) bond motifs is 1. The van der Waals surface area contributed by atoms with E-state index in [9.17, 15) is 4.79 Å². The van der Waals surface area contributed by atoms with Crippen LogP contribution in [-0.2, 0) is 13.0 Å². The first-order valence-corrected chi connectivity index (χ1v) is 9.81. The summed E-state index contributed by atoms with van der Waals surface area (Å²) in [5.74, 6) is 0.565. The van der Waals surface area contributed by atoms with Gasteiger partial charge in [-0.3, -0.25) is 9.79 Å². The Morgan fingerprint density at radius 1 is 1.04 bits per heavy atom. The third kappa shape index (κ3) is 3.72. The molecule has 1 aliphatic carbocycles. The minimum atomic E-state index is -0.00905. The summed E-state index contributed by atoms with van der Waals surface area (Å²) in [7, 11) is 0. The van der Waals surface area contributed by atoms with Crippen molar-refractivity contribution in [1.29, 1.82) is 0 Å². The fraction of sp³-hybridized carbons (Fsp3) is 0.391. The summed E-state index contributed by atoms with van der Waals surface area (Å²) in [6.07, 6.45) is 7.41. The Morgan fingerprint density at radius 2 is 1.85 bits per heavy atom. The normalized spacial score (nSPS) is 17.3. The number of benzene rings is 2. The number of nitrogens with zero attached hydrogens (tertiary/aromatic N) is 1. The largest absolute Gasteiger partial charge is 0.348 e. The average Bonchev–Trinajstić information content (AvgIpc) is 2.72. The summed E-state index contributed by atoms with van der Waals surface area (Å²) in [5.41, 5.74) is 5.67. The van der Waals surface area contributed by atoms with Crippen molar-refractivity contribution < 1.29 is 4.79 Å². The van der Waals surface area contributed by atoms with Gasteiger partial charge in [0, 0.05) is 30.3 Å². The molecule has 2 aromatic rings. The number of rotatable bonds is 4. The van der Waals surface area contributed by atoms with Gasteiger partial charge in [0.15, 0.2) is 0 Å². The molecule has 0 bridgehead atoms. The van der Waals surface area contributed by atoms with Crippen molar-refractivity contribution in [3.8, 4) is 0 Å². The molecule has 26 heavy (non-hydrogen) atoms. The molecule has 134 valence electrons. The van der Waals surface area contributed by atoms with E-state index in [0.717, 1.165) is 24.1 Å². The Kier molecular flexibility index (Phi) is 5.14. The molecule has 2 aromatic carbocycles. The molecule has 0 unspecified atom stereocenters. The first-order chi connectivity index (χ1) is 12.8. The van der Waals surface area contributed by atoms with Crippen molar-refractivity contribution in [1.82, 2.24) is 5.32 Å². The molecule has 1 saturated carbocycles. The zero-order chi connectivity index (χ0) is 17.8. The molecular weight excluding hydrogens is 320 g/mol. The Balaban J connectivity index is 1.52. The molecule has 4 rings (SSSR count). The molecule has 0 atom stereocenters. The fourth-order valence-electron chi connectivity index (χ4n) is 4.16. The van der Waals surface area contributed by atoms with Crippen molar-refractivity contribution in [2.24, 2.45) is 10.9 Å². The molecule has 1 aliphatic heterocycles. The molecule has 1 heterocycles. The Hall–Kier alpha value is -2.42. The summed E-state index contributed by atoms with van der Waals surface area (Å²) < 4.78 is 0. The van der Waals surface area contributed by atoms with Gasteiger partial charge in [-0.15, -0.1) is 0 Å². The van der Waals surface area contributed by atoms with Gasteiger partial charge in [-0.25, -0.2) is 0 Å². The van der Waals surface area contributed by atoms with Crippen LogP contribution >= 0.6 is 0 Å².